The number of ether oxygens (including phenoxy) is 2. The van der Waals surface area contributed by atoms with E-state index in [4.69, 9.17) is 9.47 Å². The van der Waals surface area contributed by atoms with Crippen LogP contribution in [-0.2, 0) is 0 Å². The minimum absolute atomic E-state index is 0.173. The van der Waals surface area contributed by atoms with E-state index < -0.39 is 5.97 Å². The Labute approximate surface area is 146 Å². The average molecular weight is 337 g/mol. The van der Waals surface area contributed by atoms with E-state index in [0.29, 0.717) is 23.8 Å². The Kier molecular flexibility index (Phi) is 4.79. The number of rotatable bonds is 5. The summed E-state index contributed by atoms with van der Waals surface area (Å²) in [4.78, 5) is 12.4. The first-order valence-corrected chi connectivity index (χ1v) is 8.03. The van der Waals surface area contributed by atoms with Crippen molar-refractivity contribution in [3.05, 3.63) is 65.5 Å². The Bertz CT molecular complexity index is 885. The smallest absolute Gasteiger partial charge is 0.366 e. The maximum Gasteiger partial charge on any atom is 0.366 e. The third-order valence-corrected chi connectivity index (χ3v) is 3.71. The molecule has 0 bridgehead atoms. The number of carbonyl (C=O) groups excluding carboxylic acids is 1. The van der Waals surface area contributed by atoms with Crippen molar-refractivity contribution in [3.8, 4) is 17.2 Å². The number of benzene rings is 2. The first-order valence-electron chi connectivity index (χ1n) is 8.03. The van der Waals surface area contributed by atoms with Gasteiger partial charge in [0, 0.05) is 0 Å². The third-order valence-electron chi connectivity index (χ3n) is 3.71. The van der Waals surface area contributed by atoms with Gasteiger partial charge in [0.1, 0.15) is 17.2 Å². The summed E-state index contributed by atoms with van der Waals surface area (Å²) in [5, 5.41) is 8.08. The molecule has 3 aromatic rings. The minimum atomic E-state index is -0.540. The van der Waals surface area contributed by atoms with Crippen molar-refractivity contribution in [1.29, 1.82) is 0 Å². The summed E-state index contributed by atoms with van der Waals surface area (Å²) in [6.45, 7) is 6.19. The number of aromatic nitrogens is 3. The molecule has 6 nitrogen and oxygen atoms in total. The van der Waals surface area contributed by atoms with Crippen molar-refractivity contribution in [1.82, 2.24) is 15.0 Å². The van der Waals surface area contributed by atoms with Crippen LogP contribution in [0, 0.1) is 13.8 Å². The van der Waals surface area contributed by atoms with Gasteiger partial charge in [-0.15, -0.1) is 5.10 Å². The standard InChI is InChI=1S/C19H19N3O3/c1-4-24-17-8-6-5-7-16(17)22-14(3)18(20-21-22)19(23)25-15-11-9-13(2)10-12-15/h5-12H,4H2,1-3H3. The third kappa shape index (κ3) is 3.52. The predicted molar refractivity (Wildman–Crippen MR) is 93.4 cm³/mol. The highest BCUT2D eigenvalue weighted by atomic mass is 16.5. The second-order valence-corrected chi connectivity index (χ2v) is 5.54. The average Bonchev–Trinajstić information content (AvgIpc) is 2.99. The predicted octanol–water partition coefficient (Wildman–Crippen LogP) is 3.50. The zero-order chi connectivity index (χ0) is 17.8. The molecule has 0 atom stereocenters. The van der Waals surface area contributed by atoms with Gasteiger partial charge in [-0.05, 0) is 45.0 Å². The second kappa shape index (κ2) is 7.17. The van der Waals surface area contributed by atoms with Gasteiger partial charge in [-0.25, -0.2) is 9.48 Å². The largest absolute Gasteiger partial charge is 0.492 e. The summed E-state index contributed by atoms with van der Waals surface area (Å²) in [7, 11) is 0. The highest BCUT2D eigenvalue weighted by molar-refractivity contribution is 5.90. The maximum atomic E-state index is 12.4. The van der Waals surface area contributed by atoms with Crippen molar-refractivity contribution in [2.24, 2.45) is 0 Å². The van der Waals surface area contributed by atoms with Crippen LogP contribution in [0.4, 0.5) is 0 Å². The summed E-state index contributed by atoms with van der Waals surface area (Å²) in [6.07, 6.45) is 0. The molecule has 2 aromatic carbocycles. The first-order chi connectivity index (χ1) is 12.1. The van der Waals surface area contributed by atoms with E-state index in [1.54, 1.807) is 23.7 Å². The highest BCUT2D eigenvalue weighted by Crippen LogP contribution is 2.24. The van der Waals surface area contributed by atoms with Gasteiger partial charge >= 0.3 is 5.97 Å². The monoisotopic (exact) mass is 337 g/mol. The van der Waals surface area contributed by atoms with E-state index in [1.807, 2.05) is 50.2 Å². The fraction of sp³-hybridized carbons (Fsp3) is 0.211. The molecule has 0 spiro atoms. The highest BCUT2D eigenvalue weighted by Gasteiger charge is 2.20. The molecular formula is C19H19N3O3. The van der Waals surface area contributed by atoms with Crippen LogP contribution in [0.15, 0.2) is 48.5 Å². The van der Waals surface area contributed by atoms with Crippen LogP contribution in [0.25, 0.3) is 5.69 Å². The normalized spacial score (nSPS) is 10.5. The molecule has 3 rings (SSSR count). The lowest BCUT2D eigenvalue weighted by atomic mass is 10.2. The molecule has 0 amide bonds. The van der Waals surface area contributed by atoms with Gasteiger partial charge in [0.2, 0.25) is 0 Å². The Morgan fingerprint density at radius 2 is 1.80 bits per heavy atom. The molecule has 0 aliphatic carbocycles. The molecule has 0 fully saturated rings. The van der Waals surface area contributed by atoms with E-state index in [-0.39, 0.29) is 5.69 Å². The van der Waals surface area contributed by atoms with E-state index in [1.165, 1.54) is 0 Å². The molecule has 0 aliphatic heterocycles. The summed E-state index contributed by atoms with van der Waals surface area (Å²) in [5.74, 6) is 0.609. The number of nitrogens with zero attached hydrogens (tertiary/aromatic N) is 3. The molecule has 0 saturated carbocycles. The molecule has 128 valence electrons. The van der Waals surface area contributed by atoms with Gasteiger partial charge in [0.15, 0.2) is 5.69 Å². The number of hydrogen-bond donors (Lipinski definition) is 0. The van der Waals surface area contributed by atoms with Crippen LogP contribution < -0.4 is 9.47 Å². The number of aryl methyl sites for hydroxylation is 1. The lowest BCUT2D eigenvalue weighted by Crippen LogP contribution is -2.11. The summed E-state index contributed by atoms with van der Waals surface area (Å²) >= 11 is 0. The van der Waals surface area contributed by atoms with Crippen molar-refractivity contribution in [3.63, 3.8) is 0 Å². The van der Waals surface area contributed by atoms with Crippen molar-refractivity contribution in [2.75, 3.05) is 6.61 Å². The Morgan fingerprint density at radius 1 is 1.08 bits per heavy atom. The molecule has 0 aliphatic rings. The molecule has 6 heteroatoms. The topological polar surface area (TPSA) is 66.2 Å². The van der Waals surface area contributed by atoms with E-state index in [2.05, 4.69) is 10.3 Å². The van der Waals surface area contributed by atoms with Crippen LogP contribution in [0.5, 0.6) is 11.5 Å². The quantitative estimate of drug-likeness (QED) is 0.526. The first kappa shape index (κ1) is 16.7. The lowest BCUT2D eigenvalue weighted by molar-refractivity contribution is 0.0727. The molecule has 0 N–H and O–H groups in total. The lowest BCUT2D eigenvalue weighted by Gasteiger charge is -2.10. The van der Waals surface area contributed by atoms with Gasteiger partial charge < -0.3 is 9.47 Å². The number of carbonyl (C=O) groups is 1. The molecule has 0 unspecified atom stereocenters. The summed E-state index contributed by atoms with van der Waals surface area (Å²) in [5.41, 5.74) is 2.58. The summed E-state index contributed by atoms with van der Waals surface area (Å²) in [6, 6.07) is 14.7. The Morgan fingerprint density at radius 3 is 2.52 bits per heavy atom. The maximum absolute atomic E-state index is 12.4. The molecule has 1 heterocycles. The van der Waals surface area contributed by atoms with E-state index in [9.17, 15) is 4.79 Å². The van der Waals surface area contributed by atoms with Gasteiger partial charge in [-0.1, -0.05) is 35.0 Å². The SMILES string of the molecule is CCOc1ccccc1-n1nnc(C(=O)Oc2ccc(C)cc2)c1C. The molecule has 25 heavy (non-hydrogen) atoms. The molecule has 0 radical (unpaired) electrons. The van der Waals surface area contributed by atoms with Gasteiger partial charge in [0.25, 0.3) is 0 Å². The fourth-order valence-corrected chi connectivity index (χ4v) is 2.42. The number of esters is 1. The fourth-order valence-electron chi connectivity index (χ4n) is 2.42. The molecule has 0 saturated heterocycles. The van der Waals surface area contributed by atoms with Crippen LogP contribution in [0.3, 0.4) is 0 Å². The number of para-hydroxylation sites is 2. The van der Waals surface area contributed by atoms with Crippen LogP contribution in [0.1, 0.15) is 28.7 Å². The Hall–Kier alpha value is -3.15. The van der Waals surface area contributed by atoms with Crippen LogP contribution in [-0.4, -0.2) is 27.6 Å². The van der Waals surface area contributed by atoms with Crippen molar-refractivity contribution < 1.29 is 14.3 Å². The van der Waals surface area contributed by atoms with Crippen molar-refractivity contribution >= 4 is 5.97 Å². The minimum Gasteiger partial charge on any atom is -0.492 e. The zero-order valence-electron chi connectivity index (χ0n) is 14.4. The number of hydrogen-bond acceptors (Lipinski definition) is 5. The molecular weight excluding hydrogens is 318 g/mol. The molecule has 1 aromatic heterocycles. The van der Waals surface area contributed by atoms with E-state index >= 15 is 0 Å². The van der Waals surface area contributed by atoms with Gasteiger partial charge in [-0.2, -0.15) is 0 Å². The van der Waals surface area contributed by atoms with E-state index in [0.717, 1.165) is 11.3 Å². The van der Waals surface area contributed by atoms with Gasteiger partial charge in [-0.3, -0.25) is 0 Å². The zero-order valence-corrected chi connectivity index (χ0v) is 14.4. The van der Waals surface area contributed by atoms with Crippen molar-refractivity contribution in [2.45, 2.75) is 20.8 Å². The Balaban J connectivity index is 1.88. The van der Waals surface area contributed by atoms with Crippen LogP contribution >= 0.6 is 0 Å². The summed E-state index contributed by atoms with van der Waals surface area (Å²) < 4.78 is 12.6. The van der Waals surface area contributed by atoms with Gasteiger partial charge in [0.05, 0.1) is 12.3 Å². The second-order valence-electron chi connectivity index (χ2n) is 5.54. The van der Waals surface area contributed by atoms with Crippen LogP contribution in [0.2, 0.25) is 0 Å².